The Morgan fingerprint density at radius 2 is 2.45 bits per heavy atom. The first-order chi connectivity index (χ1) is 5.27. The number of allylic oxidation sites excluding steroid dienone is 2. The van der Waals surface area contributed by atoms with E-state index in [4.69, 9.17) is 0 Å². The molecule has 0 aromatic heterocycles. The standard InChI is InChI=1S/C9H14OS/c1-3-7-6-8(11-2)4-5-9(7)10/h4-5,8,10H,3,6H2,1-2H3. The van der Waals surface area contributed by atoms with E-state index in [1.54, 1.807) is 0 Å². The monoisotopic (exact) mass is 170 g/mol. The SMILES string of the molecule is CCC1=C(O)C=CC(SC)C1. The maximum absolute atomic E-state index is 9.37. The zero-order valence-corrected chi connectivity index (χ0v) is 7.82. The molecule has 11 heavy (non-hydrogen) atoms. The first-order valence-electron chi connectivity index (χ1n) is 3.90. The van der Waals surface area contributed by atoms with Crippen molar-refractivity contribution in [2.75, 3.05) is 6.26 Å². The van der Waals surface area contributed by atoms with Crippen molar-refractivity contribution < 1.29 is 5.11 Å². The highest BCUT2D eigenvalue weighted by Gasteiger charge is 2.12. The summed E-state index contributed by atoms with van der Waals surface area (Å²) < 4.78 is 0. The van der Waals surface area contributed by atoms with Crippen LogP contribution in [-0.2, 0) is 0 Å². The van der Waals surface area contributed by atoms with Gasteiger partial charge in [0.05, 0.1) is 0 Å². The Morgan fingerprint density at radius 3 is 3.00 bits per heavy atom. The molecule has 0 aromatic rings. The van der Waals surface area contributed by atoms with Gasteiger partial charge in [0.1, 0.15) is 5.76 Å². The number of rotatable bonds is 2. The average Bonchev–Trinajstić information content (AvgIpc) is 2.05. The van der Waals surface area contributed by atoms with E-state index in [0.717, 1.165) is 12.8 Å². The Morgan fingerprint density at radius 1 is 1.73 bits per heavy atom. The maximum Gasteiger partial charge on any atom is 0.114 e. The predicted molar refractivity (Wildman–Crippen MR) is 51.0 cm³/mol. The van der Waals surface area contributed by atoms with Gasteiger partial charge in [-0.2, -0.15) is 11.8 Å². The van der Waals surface area contributed by atoms with Crippen LogP contribution in [0.15, 0.2) is 23.5 Å². The molecule has 1 rings (SSSR count). The lowest BCUT2D eigenvalue weighted by atomic mass is 10.0. The van der Waals surface area contributed by atoms with Gasteiger partial charge in [0, 0.05) is 5.25 Å². The summed E-state index contributed by atoms with van der Waals surface area (Å²) in [4.78, 5) is 0. The van der Waals surface area contributed by atoms with Crippen LogP contribution in [0.4, 0.5) is 0 Å². The van der Waals surface area contributed by atoms with E-state index in [1.807, 2.05) is 17.8 Å². The van der Waals surface area contributed by atoms with Gasteiger partial charge in [-0.15, -0.1) is 0 Å². The number of hydrogen-bond acceptors (Lipinski definition) is 2. The minimum atomic E-state index is 0.484. The van der Waals surface area contributed by atoms with E-state index in [9.17, 15) is 5.11 Å². The summed E-state index contributed by atoms with van der Waals surface area (Å²) in [5.74, 6) is 0.484. The second-order valence-corrected chi connectivity index (χ2v) is 3.76. The average molecular weight is 170 g/mol. The number of hydrogen-bond donors (Lipinski definition) is 1. The van der Waals surface area contributed by atoms with Crippen LogP contribution in [0.25, 0.3) is 0 Å². The summed E-state index contributed by atoms with van der Waals surface area (Å²) in [6, 6.07) is 0. The largest absolute Gasteiger partial charge is 0.508 e. The van der Waals surface area contributed by atoms with Gasteiger partial charge in [0.25, 0.3) is 0 Å². The lowest BCUT2D eigenvalue weighted by Gasteiger charge is -2.16. The highest BCUT2D eigenvalue weighted by molar-refractivity contribution is 7.99. The molecule has 1 N–H and O–H groups in total. The minimum Gasteiger partial charge on any atom is -0.508 e. The molecular formula is C9H14OS. The molecule has 1 atom stereocenters. The van der Waals surface area contributed by atoms with Crippen molar-refractivity contribution in [3.05, 3.63) is 23.5 Å². The molecule has 0 aromatic carbocycles. The Bertz CT molecular complexity index is 194. The third-order valence-corrected chi connectivity index (χ3v) is 2.94. The van der Waals surface area contributed by atoms with Crippen molar-refractivity contribution in [3.63, 3.8) is 0 Å². The van der Waals surface area contributed by atoms with Crippen molar-refractivity contribution in [1.29, 1.82) is 0 Å². The number of aliphatic hydroxyl groups excluding tert-OH is 1. The summed E-state index contributed by atoms with van der Waals surface area (Å²) in [7, 11) is 0. The summed E-state index contributed by atoms with van der Waals surface area (Å²) in [5, 5.41) is 9.94. The second kappa shape index (κ2) is 3.86. The quantitative estimate of drug-likeness (QED) is 0.687. The lowest BCUT2D eigenvalue weighted by Crippen LogP contribution is -2.06. The lowest BCUT2D eigenvalue weighted by molar-refractivity contribution is 0.417. The summed E-state index contributed by atoms with van der Waals surface area (Å²) in [6.07, 6.45) is 7.97. The third-order valence-electron chi connectivity index (χ3n) is 2.01. The molecule has 0 radical (unpaired) electrons. The van der Waals surface area contributed by atoms with Gasteiger partial charge in [-0.3, -0.25) is 0 Å². The van der Waals surface area contributed by atoms with E-state index in [2.05, 4.69) is 19.3 Å². The molecule has 1 nitrogen and oxygen atoms in total. The number of aliphatic hydroxyl groups is 1. The first kappa shape index (κ1) is 8.72. The molecule has 0 saturated carbocycles. The van der Waals surface area contributed by atoms with Gasteiger partial charge in [-0.05, 0) is 30.7 Å². The molecular weight excluding hydrogens is 156 g/mol. The fourth-order valence-corrected chi connectivity index (χ4v) is 1.82. The van der Waals surface area contributed by atoms with Crippen molar-refractivity contribution in [3.8, 4) is 0 Å². The van der Waals surface area contributed by atoms with Gasteiger partial charge in [0.2, 0.25) is 0 Å². The zero-order valence-electron chi connectivity index (χ0n) is 7.00. The smallest absolute Gasteiger partial charge is 0.114 e. The number of thioether (sulfide) groups is 1. The van der Waals surface area contributed by atoms with E-state index < -0.39 is 0 Å². The molecule has 1 aliphatic rings. The molecule has 0 saturated heterocycles. The highest BCUT2D eigenvalue weighted by atomic mass is 32.2. The van der Waals surface area contributed by atoms with Crippen LogP contribution in [0.3, 0.4) is 0 Å². The molecule has 0 amide bonds. The van der Waals surface area contributed by atoms with Crippen LogP contribution in [0, 0.1) is 0 Å². The van der Waals surface area contributed by atoms with E-state index in [-0.39, 0.29) is 0 Å². The van der Waals surface area contributed by atoms with Crippen LogP contribution in [0.5, 0.6) is 0 Å². The Labute approximate surface area is 72.2 Å². The predicted octanol–water partition coefficient (Wildman–Crippen LogP) is 2.90. The Hall–Kier alpha value is -0.370. The molecule has 2 heteroatoms. The van der Waals surface area contributed by atoms with E-state index >= 15 is 0 Å². The van der Waals surface area contributed by atoms with Crippen LogP contribution in [0.1, 0.15) is 19.8 Å². The molecule has 0 fully saturated rings. The minimum absolute atomic E-state index is 0.484. The molecule has 62 valence electrons. The summed E-state index contributed by atoms with van der Waals surface area (Å²) in [6.45, 7) is 2.09. The van der Waals surface area contributed by atoms with Crippen LogP contribution in [0.2, 0.25) is 0 Å². The topological polar surface area (TPSA) is 20.2 Å². The fourth-order valence-electron chi connectivity index (χ4n) is 1.22. The third kappa shape index (κ3) is 2.03. The van der Waals surface area contributed by atoms with Gasteiger partial charge >= 0.3 is 0 Å². The molecule has 0 aliphatic heterocycles. The molecule has 0 spiro atoms. The second-order valence-electron chi connectivity index (χ2n) is 2.68. The van der Waals surface area contributed by atoms with Gasteiger partial charge < -0.3 is 5.11 Å². The molecule has 0 heterocycles. The van der Waals surface area contributed by atoms with Crippen molar-refractivity contribution in [1.82, 2.24) is 0 Å². The fraction of sp³-hybridized carbons (Fsp3) is 0.556. The maximum atomic E-state index is 9.37. The molecule has 1 unspecified atom stereocenters. The van der Waals surface area contributed by atoms with Crippen LogP contribution in [-0.4, -0.2) is 16.6 Å². The normalized spacial score (nSPS) is 24.4. The zero-order chi connectivity index (χ0) is 8.27. The molecule has 0 bridgehead atoms. The van der Waals surface area contributed by atoms with Gasteiger partial charge in [0.15, 0.2) is 0 Å². The van der Waals surface area contributed by atoms with Gasteiger partial charge in [-0.1, -0.05) is 13.0 Å². The van der Waals surface area contributed by atoms with Gasteiger partial charge in [-0.25, -0.2) is 0 Å². The highest BCUT2D eigenvalue weighted by Crippen LogP contribution is 2.26. The van der Waals surface area contributed by atoms with Crippen molar-refractivity contribution >= 4 is 11.8 Å². The Balaban J connectivity index is 2.67. The van der Waals surface area contributed by atoms with E-state index in [0.29, 0.717) is 11.0 Å². The van der Waals surface area contributed by atoms with Crippen molar-refractivity contribution in [2.45, 2.75) is 25.0 Å². The van der Waals surface area contributed by atoms with E-state index in [1.165, 1.54) is 5.57 Å². The van der Waals surface area contributed by atoms with Crippen LogP contribution < -0.4 is 0 Å². The van der Waals surface area contributed by atoms with Crippen molar-refractivity contribution in [2.24, 2.45) is 0 Å². The summed E-state index contributed by atoms with van der Waals surface area (Å²) >= 11 is 1.83. The Kier molecular flexibility index (Phi) is 3.06. The van der Waals surface area contributed by atoms with Crippen LogP contribution >= 0.6 is 11.8 Å². The summed E-state index contributed by atoms with van der Waals surface area (Å²) in [5.41, 5.74) is 1.19. The molecule has 1 aliphatic carbocycles. The first-order valence-corrected chi connectivity index (χ1v) is 5.18.